The van der Waals surface area contributed by atoms with E-state index in [0.717, 1.165) is 0 Å². The molecule has 3 heterocycles. The maximum atomic E-state index is 12.8. The maximum Gasteiger partial charge on any atom is 0.337 e. The van der Waals surface area contributed by atoms with Crippen molar-refractivity contribution in [3.8, 4) is 0 Å². The van der Waals surface area contributed by atoms with Crippen molar-refractivity contribution in [3.05, 3.63) is 41.7 Å². The number of hydrogen-bond donors (Lipinski definition) is 2. The summed E-state index contributed by atoms with van der Waals surface area (Å²) >= 11 is 0. The minimum absolute atomic E-state index is 0.0638. The van der Waals surface area contributed by atoms with Crippen molar-refractivity contribution >= 4 is 23.5 Å². The number of amides is 2. The van der Waals surface area contributed by atoms with Gasteiger partial charge in [0.25, 0.3) is 5.91 Å². The van der Waals surface area contributed by atoms with Crippen LogP contribution in [0, 0.1) is 11.8 Å². The molecule has 0 radical (unpaired) electrons. The lowest BCUT2D eigenvalue weighted by Crippen LogP contribution is -2.52. The van der Waals surface area contributed by atoms with Crippen LogP contribution in [0.1, 0.15) is 25.3 Å². The molecule has 0 spiro atoms. The van der Waals surface area contributed by atoms with Crippen molar-refractivity contribution in [2.45, 2.75) is 31.5 Å². The topological polar surface area (TPSA) is 105 Å². The number of para-hydroxylation sites is 1. The highest BCUT2D eigenvalue weighted by Crippen LogP contribution is 2.40. The first-order chi connectivity index (χ1) is 13.8. The second kappa shape index (κ2) is 7.18. The van der Waals surface area contributed by atoms with Gasteiger partial charge in [-0.25, -0.2) is 4.79 Å². The third-order valence-electron chi connectivity index (χ3n) is 6.27. The van der Waals surface area contributed by atoms with Crippen LogP contribution in [0.3, 0.4) is 0 Å². The van der Waals surface area contributed by atoms with E-state index < -0.39 is 17.5 Å². The van der Waals surface area contributed by atoms with Crippen LogP contribution in [0.15, 0.2) is 36.1 Å². The molecule has 1 fully saturated rings. The molecular formula is C21H24N2O6. The van der Waals surface area contributed by atoms with Crippen molar-refractivity contribution in [1.29, 1.82) is 0 Å². The van der Waals surface area contributed by atoms with E-state index in [9.17, 15) is 19.5 Å². The molecule has 2 amide bonds. The minimum atomic E-state index is -1.67. The number of hydrogen-bond acceptors (Lipinski definition) is 6. The van der Waals surface area contributed by atoms with Crippen LogP contribution in [0.2, 0.25) is 0 Å². The summed E-state index contributed by atoms with van der Waals surface area (Å²) in [5.41, 5.74) is -0.171. The highest BCUT2D eigenvalue weighted by molar-refractivity contribution is 6.04. The normalized spacial score (nSPS) is 30.7. The van der Waals surface area contributed by atoms with Crippen LogP contribution in [0.4, 0.5) is 5.69 Å². The van der Waals surface area contributed by atoms with Gasteiger partial charge in [-0.1, -0.05) is 18.2 Å². The number of nitrogens with zero attached hydrogens (tertiary/aromatic N) is 1. The fraction of sp³-hybridized carbons (Fsp3) is 0.476. The van der Waals surface area contributed by atoms with Gasteiger partial charge >= 0.3 is 5.97 Å². The molecule has 0 bridgehead atoms. The predicted molar refractivity (Wildman–Crippen MR) is 102 cm³/mol. The summed E-state index contributed by atoms with van der Waals surface area (Å²) in [6.07, 6.45) is 1.50. The Bertz CT molecular complexity index is 897. The Kier molecular flexibility index (Phi) is 4.82. The molecule has 0 aliphatic carbocycles. The van der Waals surface area contributed by atoms with Crippen LogP contribution in [0.25, 0.3) is 0 Å². The molecule has 3 aliphatic heterocycles. The van der Waals surface area contributed by atoms with Crippen LogP contribution in [0.5, 0.6) is 0 Å². The van der Waals surface area contributed by atoms with Gasteiger partial charge < -0.3 is 24.8 Å². The summed E-state index contributed by atoms with van der Waals surface area (Å²) in [4.78, 5) is 38.9. The number of rotatable bonds is 4. The van der Waals surface area contributed by atoms with Crippen molar-refractivity contribution < 1.29 is 29.0 Å². The van der Waals surface area contributed by atoms with Gasteiger partial charge in [-0.2, -0.15) is 0 Å². The molecule has 154 valence electrons. The zero-order chi connectivity index (χ0) is 20.8. The summed E-state index contributed by atoms with van der Waals surface area (Å²) < 4.78 is 10.4. The zero-order valence-corrected chi connectivity index (χ0v) is 16.4. The number of fused-ring (bicyclic) bond motifs is 2. The van der Waals surface area contributed by atoms with Gasteiger partial charge in [0.2, 0.25) is 5.91 Å². The van der Waals surface area contributed by atoms with Crippen molar-refractivity contribution in [2.75, 3.05) is 25.5 Å². The van der Waals surface area contributed by atoms with Gasteiger partial charge in [0.05, 0.1) is 18.9 Å². The van der Waals surface area contributed by atoms with E-state index in [-0.39, 0.29) is 43.2 Å². The Labute approximate surface area is 168 Å². The third-order valence-corrected chi connectivity index (χ3v) is 6.27. The minimum Gasteiger partial charge on any atom is -0.497 e. The number of methoxy groups -OCH3 is 1. The standard InChI is InChI=1S/C21H24N2O6/c1-12-14-10-23(18(24)9-13(14)15(11-29-12)19(25)28-2)8-7-21(27)16-5-3-4-6-17(16)22-20(21)26/h3-6,11-14,27H,7-10H2,1-2H3,(H,22,26)/t12-,13-,14+,21-/m0/s1. The number of carbonyl (C=O) groups is 3. The molecule has 0 unspecified atom stereocenters. The van der Waals surface area contributed by atoms with E-state index in [0.29, 0.717) is 23.4 Å². The van der Waals surface area contributed by atoms with Gasteiger partial charge in [-0.15, -0.1) is 0 Å². The molecule has 0 saturated carbocycles. The van der Waals surface area contributed by atoms with E-state index in [1.54, 1.807) is 29.2 Å². The fourth-order valence-corrected chi connectivity index (χ4v) is 4.52. The van der Waals surface area contributed by atoms with Gasteiger partial charge in [0.1, 0.15) is 6.10 Å². The summed E-state index contributed by atoms with van der Waals surface area (Å²) in [6, 6.07) is 7.01. The number of aliphatic hydroxyl groups is 1. The van der Waals surface area contributed by atoms with Crippen LogP contribution < -0.4 is 5.32 Å². The first kappa shape index (κ1) is 19.4. The van der Waals surface area contributed by atoms with Crippen LogP contribution in [-0.4, -0.2) is 54.1 Å². The van der Waals surface area contributed by atoms with Crippen molar-refractivity contribution in [3.63, 3.8) is 0 Å². The van der Waals surface area contributed by atoms with E-state index in [4.69, 9.17) is 9.47 Å². The maximum absolute atomic E-state index is 12.8. The quantitative estimate of drug-likeness (QED) is 0.735. The zero-order valence-electron chi connectivity index (χ0n) is 16.4. The van der Waals surface area contributed by atoms with E-state index >= 15 is 0 Å². The van der Waals surface area contributed by atoms with Gasteiger partial charge in [-0.3, -0.25) is 9.59 Å². The molecule has 4 rings (SSSR count). The number of esters is 1. The lowest BCUT2D eigenvalue weighted by Gasteiger charge is -2.43. The number of anilines is 1. The van der Waals surface area contributed by atoms with E-state index in [1.807, 2.05) is 6.92 Å². The number of benzene rings is 1. The number of likely N-dealkylation sites (tertiary alicyclic amines) is 1. The molecule has 1 aromatic carbocycles. The Morgan fingerprint density at radius 3 is 2.90 bits per heavy atom. The molecule has 1 aromatic rings. The highest BCUT2D eigenvalue weighted by atomic mass is 16.5. The molecule has 0 aromatic heterocycles. The molecule has 2 N–H and O–H groups in total. The first-order valence-electron chi connectivity index (χ1n) is 9.70. The lowest BCUT2D eigenvalue weighted by molar-refractivity contribution is -0.146. The number of carbonyl (C=O) groups excluding carboxylic acids is 3. The Hall–Kier alpha value is -2.87. The summed E-state index contributed by atoms with van der Waals surface area (Å²) in [6.45, 7) is 2.52. The van der Waals surface area contributed by atoms with E-state index in [1.165, 1.54) is 13.4 Å². The predicted octanol–water partition coefficient (Wildman–Crippen LogP) is 1.16. The van der Waals surface area contributed by atoms with Crippen LogP contribution in [-0.2, 0) is 29.5 Å². The van der Waals surface area contributed by atoms with E-state index in [2.05, 4.69) is 5.32 Å². The molecule has 1 saturated heterocycles. The number of piperidine rings is 1. The first-order valence-corrected chi connectivity index (χ1v) is 9.70. The average molecular weight is 400 g/mol. The Balaban J connectivity index is 1.49. The van der Waals surface area contributed by atoms with Gasteiger partial charge in [0, 0.05) is 49.0 Å². The smallest absolute Gasteiger partial charge is 0.337 e. The fourth-order valence-electron chi connectivity index (χ4n) is 4.52. The average Bonchev–Trinajstić information content (AvgIpc) is 2.97. The summed E-state index contributed by atoms with van der Waals surface area (Å²) in [5.74, 6) is -1.40. The second-order valence-electron chi connectivity index (χ2n) is 7.83. The van der Waals surface area contributed by atoms with Crippen molar-refractivity contribution in [1.82, 2.24) is 4.90 Å². The monoisotopic (exact) mass is 400 g/mol. The molecule has 8 heteroatoms. The largest absolute Gasteiger partial charge is 0.497 e. The van der Waals surface area contributed by atoms with Crippen molar-refractivity contribution in [2.24, 2.45) is 11.8 Å². The Morgan fingerprint density at radius 2 is 2.14 bits per heavy atom. The molecule has 29 heavy (non-hydrogen) atoms. The van der Waals surface area contributed by atoms with Gasteiger partial charge in [-0.05, 0) is 13.0 Å². The number of ether oxygens (including phenoxy) is 2. The molecule has 3 aliphatic rings. The SMILES string of the molecule is COC(=O)C1=CO[C@@H](C)[C@H]2CN(CC[C@@]3(O)C(=O)Nc4ccccc43)C(=O)C[C@H]12. The molecule has 4 atom stereocenters. The van der Waals surface area contributed by atoms with Crippen LogP contribution >= 0.6 is 0 Å². The van der Waals surface area contributed by atoms with Gasteiger partial charge in [0.15, 0.2) is 5.60 Å². The highest BCUT2D eigenvalue weighted by Gasteiger charge is 2.47. The third kappa shape index (κ3) is 3.17. The number of nitrogens with one attached hydrogen (secondary N) is 1. The summed E-state index contributed by atoms with van der Waals surface area (Å²) in [5, 5.41) is 13.7. The summed E-state index contributed by atoms with van der Waals surface area (Å²) in [7, 11) is 1.30. The lowest BCUT2D eigenvalue weighted by atomic mass is 9.76. The second-order valence-corrected chi connectivity index (χ2v) is 7.83. The molecular weight excluding hydrogens is 376 g/mol. The molecule has 8 nitrogen and oxygen atoms in total. The Morgan fingerprint density at radius 1 is 1.38 bits per heavy atom.